The number of para-hydroxylation sites is 1. The summed E-state index contributed by atoms with van der Waals surface area (Å²) in [6.07, 6.45) is 0.648. The van der Waals surface area contributed by atoms with Crippen LogP contribution in [0.4, 0.5) is 11.4 Å². The normalized spacial score (nSPS) is 10.4. The van der Waals surface area contributed by atoms with Crippen LogP contribution in [-0.2, 0) is 0 Å². The molecule has 0 aromatic heterocycles. The number of benzene rings is 1. The van der Waals surface area contributed by atoms with Crippen LogP contribution in [0.1, 0.15) is 20.3 Å². The second kappa shape index (κ2) is 6.80. The first-order valence-corrected chi connectivity index (χ1v) is 5.94. The Labute approximate surface area is 106 Å². The lowest BCUT2D eigenvalue weighted by Crippen LogP contribution is -2.11. The van der Waals surface area contributed by atoms with E-state index >= 15 is 0 Å². The van der Waals surface area contributed by atoms with E-state index in [2.05, 4.69) is 5.32 Å². The van der Waals surface area contributed by atoms with Gasteiger partial charge in [-0.3, -0.25) is 10.1 Å². The topological polar surface area (TPSA) is 90.4 Å². The lowest BCUT2D eigenvalue weighted by Gasteiger charge is -2.13. The van der Waals surface area contributed by atoms with Gasteiger partial charge in [-0.2, -0.15) is 0 Å². The first kappa shape index (κ1) is 14.2. The third-order valence-corrected chi connectivity index (χ3v) is 2.24. The summed E-state index contributed by atoms with van der Waals surface area (Å²) in [5, 5.41) is 14.1. The molecule has 1 aromatic carbocycles. The fourth-order valence-corrected chi connectivity index (χ4v) is 1.53. The SMILES string of the molecule is CC(C)Oc1cccc(NCCCN)c1[N+](=O)[O-]. The number of rotatable bonds is 7. The number of ether oxygens (including phenoxy) is 1. The molecule has 0 saturated carbocycles. The molecule has 0 amide bonds. The number of anilines is 1. The molecule has 0 bridgehead atoms. The van der Waals surface area contributed by atoms with Gasteiger partial charge in [-0.25, -0.2) is 0 Å². The quantitative estimate of drug-likeness (QED) is 0.441. The van der Waals surface area contributed by atoms with E-state index in [0.29, 0.717) is 18.8 Å². The minimum atomic E-state index is -0.428. The van der Waals surface area contributed by atoms with Crippen LogP contribution >= 0.6 is 0 Å². The molecule has 100 valence electrons. The maximum Gasteiger partial charge on any atom is 0.333 e. The Bertz CT molecular complexity index is 408. The Hall–Kier alpha value is -1.82. The molecule has 18 heavy (non-hydrogen) atoms. The van der Waals surface area contributed by atoms with Crippen LogP contribution in [0.15, 0.2) is 18.2 Å². The van der Waals surface area contributed by atoms with Gasteiger partial charge in [0.15, 0.2) is 5.75 Å². The van der Waals surface area contributed by atoms with E-state index in [1.54, 1.807) is 18.2 Å². The average molecular weight is 253 g/mol. The highest BCUT2D eigenvalue weighted by atomic mass is 16.6. The van der Waals surface area contributed by atoms with E-state index in [4.69, 9.17) is 10.5 Å². The molecule has 0 atom stereocenters. The predicted molar refractivity (Wildman–Crippen MR) is 71.0 cm³/mol. The number of nitro benzene ring substituents is 1. The molecule has 0 aliphatic carbocycles. The molecule has 1 rings (SSSR count). The number of nitrogens with two attached hydrogens (primary N) is 1. The van der Waals surface area contributed by atoms with Gasteiger partial charge < -0.3 is 15.8 Å². The average Bonchev–Trinajstić information content (AvgIpc) is 2.28. The van der Waals surface area contributed by atoms with Crippen molar-refractivity contribution in [2.45, 2.75) is 26.4 Å². The molecule has 3 N–H and O–H groups in total. The summed E-state index contributed by atoms with van der Waals surface area (Å²) in [6.45, 7) is 4.81. The zero-order valence-electron chi connectivity index (χ0n) is 10.7. The highest BCUT2D eigenvalue weighted by molar-refractivity contribution is 5.68. The third-order valence-electron chi connectivity index (χ3n) is 2.24. The first-order valence-electron chi connectivity index (χ1n) is 5.94. The van der Waals surface area contributed by atoms with E-state index in [9.17, 15) is 10.1 Å². The third kappa shape index (κ3) is 3.89. The molecule has 1 aromatic rings. The van der Waals surface area contributed by atoms with Crippen LogP contribution < -0.4 is 15.8 Å². The van der Waals surface area contributed by atoms with Gasteiger partial charge >= 0.3 is 5.69 Å². The van der Waals surface area contributed by atoms with Gasteiger partial charge in [0.1, 0.15) is 5.69 Å². The van der Waals surface area contributed by atoms with Crippen molar-refractivity contribution < 1.29 is 9.66 Å². The molecular weight excluding hydrogens is 234 g/mol. The maximum atomic E-state index is 11.1. The molecule has 0 spiro atoms. The van der Waals surface area contributed by atoms with Crippen LogP contribution in [0.5, 0.6) is 5.75 Å². The van der Waals surface area contributed by atoms with E-state index < -0.39 is 4.92 Å². The molecule has 0 fully saturated rings. The summed E-state index contributed by atoms with van der Waals surface area (Å²) in [6, 6.07) is 5.00. The molecule has 0 aliphatic rings. The molecule has 0 heterocycles. The summed E-state index contributed by atoms with van der Waals surface area (Å²) in [7, 11) is 0. The summed E-state index contributed by atoms with van der Waals surface area (Å²) in [4.78, 5) is 10.7. The smallest absolute Gasteiger partial charge is 0.333 e. The minimum absolute atomic E-state index is 0.0248. The molecule has 6 nitrogen and oxygen atoms in total. The van der Waals surface area contributed by atoms with Crippen LogP contribution in [0, 0.1) is 10.1 Å². The second-order valence-corrected chi connectivity index (χ2v) is 4.15. The number of nitrogens with zero attached hydrogens (tertiary/aromatic N) is 1. The van der Waals surface area contributed by atoms with E-state index in [1.807, 2.05) is 13.8 Å². The molecule has 0 aliphatic heterocycles. The fraction of sp³-hybridized carbons (Fsp3) is 0.500. The monoisotopic (exact) mass is 253 g/mol. The van der Waals surface area contributed by atoms with Crippen molar-refractivity contribution in [2.24, 2.45) is 5.73 Å². The first-order chi connectivity index (χ1) is 8.56. The van der Waals surface area contributed by atoms with Gasteiger partial charge in [0.25, 0.3) is 0 Å². The zero-order valence-corrected chi connectivity index (χ0v) is 10.7. The van der Waals surface area contributed by atoms with Crippen LogP contribution in [-0.4, -0.2) is 24.1 Å². The zero-order chi connectivity index (χ0) is 13.5. The number of hydrogen-bond acceptors (Lipinski definition) is 5. The second-order valence-electron chi connectivity index (χ2n) is 4.15. The van der Waals surface area contributed by atoms with Crippen molar-refractivity contribution in [1.82, 2.24) is 0 Å². The summed E-state index contributed by atoms with van der Waals surface area (Å²) in [5.74, 6) is 0.285. The molecule has 0 saturated heterocycles. The van der Waals surface area contributed by atoms with Crippen LogP contribution in [0.2, 0.25) is 0 Å². The standard InChI is InChI=1S/C12H19N3O3/c1-9(2)18-11-6-3-5-10(12(11)15(16)17)14-8-4-7-13/h3,5-6,9,14H,4,7-8,13H2,1-2H3. The Morgan fingerprint density at radius 2 is 2.22 bits per heavy atom. The van der Waals surface area contributed by atoms with Crippen molar-refractivity contribution in [1.29, 1.82) is 0 Å². The van der Waals surface area contributed by atoms with Crippen molar-refractivity contribution in [3.05, 3.63) is 28.3 Å². The van der Waals surface area contributed by atoms with Gasteiger partial charge in [-0.05, 0) is 38.9 Å². The molecule has 0 radical (unpaired) electrons. The van der Waals surface area contributed by atoms with Crippen molar-refractivity contribution in [3.8, 4) is 5.75 Å². The summed E-state index contributed by atoms with van der Waals surface area (Å²) < 4.78 is 5.45. The fourth-order valence-electron chi connectivity index (χ4n) is 1.53. The number of nitrogens with one attached hydrogen (secondary N) is 1. The van der Waals surface area contributed by atoms with Gasteiger partial charge in [0.2, 0.25) is 0 Å². The van der Waals surface area contributed by atoms with Gasteiger partial charge in [-0.15, -0.1) is 0 Å². The largest absolute Gasteiger partial charge is 0.484 e. The van der Waals surface area contributed by atoms with E-state index in [-0.39, 0.29) is 17.5 Å². The number of nitro groups is 1. The summed E-state index contributed by atoms with van der Waals surface area (Å²) in [5.41, 5.74) is 5.83. The Morgan fingerprint density at radius 1 is 1.50 bits per heavy atom. The highest BCUT2D eigenvalue weighted by Crippen LogP contribution is 2.35. The van der Waals surface area contributed by atoms with Gasteiger partial charge in [-0.1, -0.05) is 6.07 Å². The maximum absolute atomic E-state index is 11.1. The Balaban J connectivity index is 2.98. The minimum Gasteiger partial charge on any atom is -0.484 e. The highest BCUT2D eigenvalue weighted by Gasteiger charge is 2.21. The molecule has 6 heteroatoms. The molecular formula is C12H19N3O3. The Kier molecular flexibility index (Phi) is 5.38. The van der Waals surface area contributed by atoms with Crippen molar-refractivity contribution in [2.75, 3.05) is 18.4 Å². The van der Waals surface area contributed by atoms with Crippen molar-refractivity contribution in [3.63, 3.8) is 0 Å². The lowest BCUT2D eigenvalue weighted by atomic mass is 10.2. The molecule has 0 unspecified atom stereocenters. The van der Waals surface area contributed by atoms with Gasteiger partial charge in [0.05, 0.1) is 11.0 Å². The van der Waals surface area contributed by atoms with E-state index in [1.165, 1.54) is 0 Å². The van der Waals surface area contributed by atoms with Gasteiger partial charge in [0, 0.05) is 6.54 Å². The Morgan fingerprint density at radius 3 is 2.78 bits per heavy atom. The van der Waals surface area contributed by atoms with Crippen LogP contribution in [0.3, 0.4) is 0 Å². The van der Waals surface area contributed by atoms with Crippen LogP contribution in [0.25, 0.3) is 0 Å². The van der Waals surface area contributed by atoms with Crippen molar-refractivity contribution >= 4 is 11.4 Å². The predicted octanol–water partition coefficient (Wildman–Crippen LogP) is 2.14. The lowest BCUT2D eigenvalue weighted by molar-refractivity contribution is -0.385. The number of hydrogen-bond donors (Lipinski definition) is 2. The summed E-state index contributed by atoms with van der Waals surface area (Å²) >= 11 is 0. The van der Waals surface area contributed by atoms with E-state index in [0.717, 1.165) is 6.42 Å².